The van der Waals surface area contributed by atoms with E-state index >= 15 is 0 Å². The van der Waals surface area contributed by atoms with Gasteiger partial charge in [-0.15, -0.1) is 11.3 Å². The summed E-state index contributed by atoms with van der Waals surface area (Å²) in [7, 11) is 0. The first-order valence-electron chi connectivity index (χ1n) is 8.88. The Balaban J connectivity index is 1.84. The second-order valence-corrected chi connectivity index (χ2v) is 8.15. The van der Waals surface area contributed by atoms with Gasteiger partial charge < -0.3 is 4.90 Å². The molecule has 0 unspecified atom stereocenters. The van der Waals surface area contributed by atoms with E-state index in [-0.39, 0.29) is 0 Å². The van der Waals surface area contributed by atoms with E-state index in [0.717, 1.165) is 29.1 Å². The molecule has 0 saturated carbocycles. The van der Waals surface area contributed by atoms with Gasteiger partial charge in [0.15, 0.2) is 0 Å². The van der Waals surface area contributed by atoms with Gasteiger partial charge in [0, 0.05) is 18.0 Å². The lowest BCUT2D eigenvalue weighted by atomic mass is 10.1. The highest BCUT2D eigenvalue weighted by Gasteiger charge is 2.19. The summed E-state index contributed by atoms with van der Waals surface area (Å²) in [6.07, 6.45) is 0. The molecular formula is C22H20ClN3S. The van der Waals surface area contributed by atoms with E-state index in [0.29, 0.717) is 5.28 Å². The van der Waals surface area contributed by atoms with Gasteiger partial charge in [0.25, 0.3) is 0 Å². The minimum atomic E-state index is 0.296. The van der Waals surface area contributed by atoms with Gasteiger partial charge in [0.05, 0.1) is 5.39 Å². The zero-order chi connectivity index (χ0) is 18.8. The third-order valence-electron chi connectivity index (χ3n) is 4.71. The Morgan fingerprint density at radius 2 is 1.41 bits per heavy atom. The predicted molar refractivity (Wildman–Crippen MR) is 115 cm³/mol. The van der Waals surface area contributed by atoms with E-state index in [9.17, 15) is 0 Å². The Morgan fingerprint density at radius 1 is 0.852 bits per heavy atom. The Morgan fingerprint density at radius 3 is 1.96 bits per heavy atom. The minimum absolute atomic E-state index is 0.296. The normalized spacial score (nSPS) is 11.1. The summed E-state index contributed by atoms with van der Waals surface area (Å²) in [6.45, 7) is 5.77. The average Bonchev–Trinajstić information content (AvgIpc) is 2.96. The van der Waals surface area contributed by atoms with Crippen LogP contribution in [0.1, 0.15) is 21.6 Å². The molecule has 27 heavy (non-hydrogen) atoms. The SMILES string of the molecule is Cc1sc2nc(Cl)nc(N(Cc3ccccc3)Cc3ccccc3)c2c1C. The highest BCUT2D eigenvalue weighted by molar-refractivity contribution is 7.18. The molecule has 0 spiro atoms. The van der Waals surface area contributed by atoms with Gasteiger partial charge in [-0.1, -0.05) is 60.7 Å². The summed E-state index contributed by atoms with van der Waals surface area (Å²) in [6, 6.07) is 20.9. The van der Waals surface area contributed by atoms with Gasteiger partial charge in [-0.05, 0) is 42.1 Å². The van der Waals surface area contributed by atoms with E-state index in [2.05, 4.69) is 77.2 Å². The third kappa shape index (κ3) is 3.82. The smallest absolute Gasteiger partial charge is 0.225 e. The van der Waals surface area contributed by atoms with E-state index in [4.69, 9.17) is 11.6 Å². The lowest BCUT2D eigenvalue weighted by Gasteiger charge is -2.25. The summed E-state index contributed by atoms with van der Waals surface area (Å²) >= 11 is 7.97. The Labute approximate surface area is 168 Å². The maximum atomic E-state index is 6.29. The van der Waals surface area contributed by atoms with Gasteiger partial charge in [0.2, 0.25) is 5.28 Å². The zero-order valence-electron chi connectivity index (χ0n) is 15.3. The van der Waals surface area contributed by atoms with Crippen molar-refractivity contribution in [1.82, 2.24) is 9.97 Å². The minimum Gasteiger partial charge on any atom is -0.347 e. The number of rotatable bonds is 5. The van der Waals surface area contributed by atoms with Crippen LogP contribution in [0.4, 0.5) is 5.82 Å². The molecule has 0 amide bonds. The van der Waals surface area contributed by atoms with E-state index < -0.39 is 0 Å². The van der Waals surface area contributed by atoms with Crippen LogP contribution in [0.2, 0.25) is 5.28 Å². The second-order valence-electron chi connectivity index (χ2n) is 6.61. The fourth-order valence-corrected chi connectivity index (χ4v) is 4.48. The molecule has 4 aromatic rings. The van der Waals surface area contributed by atoms with Crippen LogP contribution in [-0.4, -0.2) is 9.97 Å². The molecule has 2 aromatic heterocycles. The molecule has 0 fully saturated rings. The van der Waals surface area contributed by atoms with Crippen molar-refractivity contribution in [2.45, 2.75) is 26.9 Å². The lowest BCUT2D eigenvalue weighted by molar-refractivity contribution is 0.786. The molecule has 0 N–H and O–H groups in total. The molecule has 0 bridgehead atoms. The Kier molecular flexibility index (Phi) is 5.10. The number of thiophene rings is 1. The molecule has 0 aliphatic carbocycles. The quantitative estimate of drug-likeness (QED) is 0.380. The van der Waals surface area contributed by atoms with Crippen LogP contribution >= 0.6 is 22.9 Å². The highest BCUT2D eigenvalue weighted by atomic mass is 35.5. The van der Waals surface area contributed by atoms with Gasteiger partial charge >= 0.3 is 0 Å². The van der Waals surface area contributed by atoms with E-state index in [1.807, 2.05) is 12.1 Å². The Bertz CT molecular complexity index is 1020. The van der Waals surface area contributed by atoms with E-state index in [1.165, 1.54) is 21.6 Å². The van der Waals surface area contributed by atoms with Crippen LogP contribution in [-0.2, 0) is 13.1 Å². The van der Waals surface area contributed by atoms with Gasteiger partial charge in [-0.25, -0.2) is 4.98 Å². The van der Waals surface area contributed by atoms with Crippen molar-refractivity contribution in [2.75, 3.05) is 4.90 Å². The van der Waals surface area contributed by atoms with Crippen molar-refractivity contribution in [2.24, 2.45) is 0 Å². The van der Waals surface area contributed by atoms with Crippen LogP contribution < -0.4 is 4.90 Å². The molecule has 0 atom stereocenters. The van der Waals surface area contributed by atoms with Crippen LogP contribution in [0.15, 0.2) is 60.7 Å². The second kappa shape index (κ2) is 7.67. The molecule has 0 aliphatic rings. The number of fused-ring (bicyclic) bond motifs is 1. The number of anilines is 1. The molecule has 2 heterocycles. The molecule has 2 aromatic carbocycles. The number of halogens is 1. The number of benzene rings is 2. The average molecular weight is 394 g/mol. The van der Waals surface area contributed by atoms with Crippen LogP contribution in [0.5, 0.6) is 0 Å². The standard InChI is InChI=1S/C22H20ClN3S/c1-15-16(2)27-21-19(15)20(24-22(23)25-21)26(13-17-9-5-3-6-10-17)14-18-11-7-4-8-12-18/h3-12H,13-14H2,1-2H3. The van der Waals surface area contributed by atoms with Crippen molar-refractivity contribution in [3.63, 3.8) is 0 Å². The summed E-state index contributed by atoms with van der Waals surface area (Å²) in [5.74, 6) is 0.902. The number of hydrogen-bond acceptors (Lipinski definition) is 4. The Hall–Kier alpha value is -2.43. The maximum absolute atomic E-state index is 6.29. The van der Waals surface area contributed by atoms with Gasteiger partial charge in [-0.3, -0.25) is 0 Å². The maximum Gasteiger partial charge on any atom is 0.225 e. The van der Waals surface area contributed by atoms with Crippen molar-refractivity contribution in [3.8, 4) is 0 Å². The molecule has 0 aliphatic heterocycles. The van der Waals surface area contributed by atoms with Crippen molar-refractivity contribution < 1.29 is 0 Å². The number of hydrogen-bond donors (Lipinski definition) is 0. The molecule has 136 valence electrons. The summed E-state index contributed by atoms with van der Waals surface area (Å²) in [4.78, 5) is 13.6. The van der Waals surface area contributed by atoms with Crippen molar-refractivity contribution in [1.29, 1.82) is 0 Å². The summed E-state index contributed by atoms with van der Waals surface area (Å²) in [5.41, 5.74) is 3.70. The fraction of sp³-hybridized carbons (Fsp3) is 0.182. The lowest BCUT2D eigenvalue weighted by Crippen LogP contribution is -2.23. The van der Waals surface area contributed by atoms with Crippen molar-refractivity contribution >= 4 is 39.0 Å². The van der Waals surface area contributed by atoms with Crippen LogP contribution in [0.3, 0.4) is 0 Å². The van der Waals surface area contributed by atoms with Gasteiger partial charge in [0.1, 0.15) is 10.6 Å². The summed E-state index contributed by atoms with van der Waals surface area (Å²) in [5, 5.41) is 1.40. The monoisotopic (exact) mass is 393 g/mol. The summed E-state index contributed by atoms with van der Waals surface area (Å²) < 4.78 is 0. The number of aromatic nitrogens is 2. The molecule has 0 saturated heterocycles. The number of nitrogens with zero attached hydrogens (tertiary/aromatic N) is 3. The van der Waals surface area contributed by atoms with Crippen LogP contribution in [0, 0.1) is 13.8 Å². The number of aryl methyl sites for hydroxylation is 2. The first-order chi connectivity index (χ1) is 13.1. The van der Waals surface area contributed by atoms with Crippen molar-refractivity contribution in [3.05, 3.63) is 87.5 Å². The molecule has 4 rings (SSSR count). The zero-order valence-corrected chi connectivity index (χ0v) is 16.9. The van der Waals surface area contributed by atoms with Crippen LogP contribution in [0.25, 0.3) is 10.2 Å². The first-order valence-corrected chi connectivity index (χ1v) is 10.1. The highest BCUT2D eigenvalue weighted by Crippen LogP contribution is 2.36. The first kappa shape index (κ1) is 18.0. The molecular weight excluding hydrogens is 374 g/mol. The van der Waals surface area contributed by atoms with E-state index in [1.54, 1.807) is 11.3 Å². The van der Waals surface area contributed by atoms with Gasteiger partial charge in [-0.2, -0.15) is 4.98 Å². The largest absolute Gasteiger partial charge is 0.347 e. The fourth-order valence-electron chi connectivity index (χ4n) is 3.25. The predicted octanol–water partition coefficient (Wildman–Crippen LogP) is 6.17. The third-order valence-corrected chi connectivity index (χ3v) is 5.98. The molecule has 0 radical (unpaired) electrons. The molecule has 3 nitrogen and oxygen atoms in total. The molecule has 5 heteroatoms. The topological polar surface area (TPSA) is 29.0 Å².